The highest BCUT2D eigenvalue weighted by molar-refractivity contribution is 5.15. The summed E-state index contributed by atoms with van der Waals surface area (Å²) in [5.74, 6) is 0.720. The molecule has 1 saturated carbocycles. The highest BCUT2D eigenvalue weighted by Crippen LogP contribution is 2.36. The molecule has 0 bridgehead atoms. The van der Waals surface area contributed by atoms with Gasteiger partial charge in [0, 0.05) is 45.0 Å². The molecule has 1 heterocycles. The van der Waals surface area contributed by atoms with E-state index in [1.54, 1.807) is 17.7 Å². The van der Waals surface area contributed by atoms with Gasteiger partial charge in [-0.05, 0) is 31.2 Å². The van der Waals surface area contributed by atoms with Crippen LogP contribution in [0, 0.1) is 5.92 Å². The fraction of sp³-hybridized carbons (Fsp3) is 0.474. The average molecular weight is 327 g/mol. The van der Waals surface area contributed by atoms with Gasteiger partial charge in [-0.25, -0.2) is 4.79 Å². The van der Waals surface area contributed by atoms with Crippen molar-refractivity contribution < 1.29 is 0 Å². The van der Waals surface area contributed by atoms with Crippen LogP contribution in [0.2, 0.25) is 0 Å². The molecule has 1 fully saturated rings. The van der Waals surface area contributed by atoms with E-state index < -0.39 is 0 Å². The normalized spacial score (nSPS) is 15.7. The molecule has 5 nitrogen and oxygen atoms in total. The lowest BCUT2D eigenvalue weighted by molar-refractivity contribution is 0.167. The van der Waals surface area contributed by atoms with E-state index in [9.17, 15) is 9.59 Å². The van der Waals surface area contributed by atoms with Crippen LogP contribution in [-0.4, -0.2) is 20.1 Å². The Balaban J connectivity index is 1.89. The Kier molecular flexibility index (Phi) is 4.71. The predicted molar refractivity (Wildman–Crippen MR) is 94.8 cm³/mol. The van der Waals surface area contributed by atoms with Gasteiger partial charge >= 0.3 is 5.69 Å². The van der Waals surface area contributed by atoms with Crippen molar-refractivity contribution in [1.82, 2.24) is 14.0 Å². The van der Waals surface area contributed by atoms with Gasteiger partial charge in [-0.2, -0.15) is 0 Å². The van der Waals surface area contributed by atoms with E-state index >= 15 is 0 Å². The molecule has 0 spiro atoms. The molecule has 1 aliphatic carbocycles. The van der Waals surface area contributed by atoms with Crippen LogP contribution in [0.4, 0.5) is 0 Å². The lowest BCUT2D eigenvalue weighted by Crippen LogP contribution is -2.41. The van der Waals surface area contributed by atoms with E-state index in [1.165, 1.54) is 25.5 Å². The van der Waals surface area contributed by atoms with E-state index in [2.05, 4.69) is 24.0 Å². The Morgan fingerprint density at radius 1 is 1.08 bits per heavy atom. The molecule has 0 saturated heterocycles. The number of nitrogens with zero attached hydrogens (tertiary/aromatic N) is 3. The zero-order chi connectivity index (χ0) is 17.3. The largest absolute Gasteiger partial charge is 0.330 e. The van der Waals surface area contributed by atoms with Gasteiger partial charge in [0.25, 0.3) is 5.56 Å². The minimum atomic E-state index is -0.267. The van der Waals surface area contributed by atoms with Crippen molar-refractivity contribution in [2.45, 2.75) is 38.9 Å². The summed E-state index contributed by atoms with van der Waals surface area (Å²) < 4.78 is 2.73. The SMILES string of the molecule is CC(C1CC1)N(Cc1ccccc1)Cc1cc(=O)n(C)c(=O)n1C. The van der Waals surface area contributed by atoms with Gasteiger partial charge < -0.3 is 0 Å². The van der Waals surface area contributed by atoms with E-state index in [1.807, 2.05) is 18.2 Å². The number of aromatic nitrogens is 2. The van der Waals surface area contributed by atoms with E-state index in [0.29, 0.717) is 12.6 Å². The minimum Gasteiger partial charge on any atom is -0.299 e. The molecule has 24 heavy (non-hydrogen) atoms. The Labute approximate surface area is 142 Å². The first kappa shape index (κ1) is 16.7. The second-order valence-corrected chi connectivity index (χ2v) is 6.84. The molecule has 1 aromatic carbocycles. The first-order valence-corrected chi connectivity index (χ1v) is 8.51. The topological polar surface area (TPSA) is 47.2 Å². The number of benzene rings is 1. The molecule has 0 N–H and O–H groups in total. The molecular weight excluding hydrogens is 302 g/mol. The second kappa shape index (κ2) is 6.77. The maximum atomic E-state index is 12.2. The zero-order valence-corrected chi connectivity index (χ0v) is 14.6. The first-order valence-electron chi connectivity index (χ1n) is 8.51. The van der Waals surface area contributed by atoms with Crippen molar-refractivity contribution >= 4 is 0 Å². The van der Waals surface area contributed by atoms with Crippen molar-refractivity contribution in [3.63, 3.8) is 0 Å². The van der Waals surface area contributed by atoms with Crippen molar-refractivity contribution in [2.24, 2.45) is 20.0 Å². The summed E-state index contributed by atoms with van der Waals surface area (Å²) in [4.78, 5) is 26.5. The first-order chi connectivity index (χ1) is 11.5. The summed E-state index contributed by atoms with van der Waals surface area (Å²) in [5.41, 5.74) is 1.51. The van der Waals surface area contributed by atoms with Crippen LogP contribution in [0.1, 0.15) is 31.0 Å². The second-order valence-electron chi connectivity index (χ2n) is 6.84. The van der Waals surface area contributed by atoms with Crippen LogP contribution in [-0.2, 0) is 27.2 Å². The summed E-state index contributed by atoms with van der Waals surface area (Å²) in [6.45, 7) is 3.68. The summed E-state index contributed by atoms with van der Waals surface area (Å²) >= 11 is 0. The summed E-state index contributed by atoms with van der Waals surface area (Å²) in [6, 6.07) is 12.4. The van der Waals surface area contributed by atoms with Crippen molar-refractivity contribution in [3.05, 3.63) is 68.5 Å². The van der Waals surface area contributed by atoms with Crippen molar-refractivity contribution in [1.29, 1.82) is 0 Å². The molecule has 5 heteroatoms. The maximum Gasteiger partial charge on any atom is 0.330 e. The van der Waals surface area contributed by atoms with E-state index in [4.69, 9.17) is 0 Å². The van der Waals surface area contributed by atoms with E-state index in [-0.39, 0.29) is 11.2 Å². The standard InChI is InChI=1S/C19H25N3O2/c1-14(16-9-10-16)22(12-15-7-5-4-6-8-15)13-17-11-18(23)21(3)19(24)20(17)2/h4-8,11,14,16H,9-10,12-13H2,1-3H3. The zero-order valence-electron chi connectivity index (χ0n) is 14.6. The average Bonchev–Trinajstić information content (AvgIpc) is 3.42. The van der Waals surface area contributed by atoms with E-state index in [0.717, 1.165) is 22.7 Å². The highest BCUT2D eigenvalue weighted by Gasteiger charge is 2.32. The molecular formula is C19H25N3O2. The Morgan fingerprint density at radius 2 is 1.75 bits per heavy atom. The van der Waals surface area contributed by atoms with Gasteiger partial charge in [0.1, 0.15) is 0 Å². The van der Waals surface area contributed by atoms with Crippen molar-refractivity contribution in [2.75, 3.05) is 0 Å². The molecule has 128 valence electrons. The Morgan fingerprint density at radius 3 is 2.38 bits per heavy atom. The minimum absolute atomic E-state index is 0.244. The lowest BCUT2D eigenvalue weighted by Gasteiger charge is -2.30. The third kappa shape index (κ3) is 3.51. The van der Waals surface area contributed by atoms with Crippen LogP contribution in [0.25, 0.3) is 0 Å². The number of hydrogen-bond acceptors (Lipinski definition) is 3. The maximum absolute atomic E-state index is 12.2. The third-order valence-corrected chi connectivity index (χ3v) is 5.10. The van der Waals surface area contributed by atoms with Gasteiger partial charge in [0.2, 0.25) is 0 Å². The fourth-order valence-electron chi connectivity index (χ4n) is 3.18. The molecule has 2 aromatic rings. The van der Waals surface area contributed by atoms with Crippen LogP contribution in [0.15, 0.2) is 46.0 Å². The smallest absolute Gasteiger partial charge is 0.299 e. The van der Waals surface area contributed by atoms with Crippen LogP contribution in [0.3, 0.4) is 0 Å². The molecule has 1 aliphatic rings. The molecule has 1 atom stereocenters. The summed E-state index contributed by atoms with van der Waals surface area (Å²) in [6.07, 6.45) is 2.53. The monoisotopic (exact) mass is 327 g/mol. The quantitative estimate of drug-likeness (QED) is 0.814. The molecule has 1 aromatic heterocycles. The molecule has 0 aliphatic heterocycles. The Hall–Kier alpha value is -2.14. The number of rotatable bonds is 6. The summed E-state index contributed by atoms with van der Waals surface area (Å²) in [5, 5.41) is 0. The summed E-state index contributed by atoms with van der Waals surface area (Å²) in [7, 11) is 3.25. The van der Waals surface area contributed by atoms with Crippen LogP contribution < -0.4 is 11.2 Å². The predicted octanol–water partition coefficient (Wildman–Crippen LogP) is 1.88. The fourth-order valence-corrected chi connectivity index (χ4v) is 3.18. The lowest BCUT2D eigenvalue weighted by atomic mass is 10.1. The van der Waals surface area contributed by atoms with Gasteiger partial charge in [-0.3, -0.25) is 18.8 Å². The van der Waals surface area contributed by atoms with Gasteiger partial charge in [0.05, 0.1) is 0 Å². The molecule has 0 amide bonds. The highest BCUT2D eigenvalue weighted by atomic mass is 16.2. The molecule has 0 radical (unpaired) electrons. The molecule has 3 rings (SSSR count). The third-order valence-electron chi connectivity index (χ3n) is 5.10. The van der Waals surface area contributed by atoms with Crippen LogP contribution >= 0.6 is 0 Å². The Bertz CT molecular complexity index is 819. The number of hydrogen-bond donors (Lipinski definition) is 0. The van der Waals surface area contributed by atoms with Gasteiger partial charge in [-0.15, -0.1) is 0 Å². The van der Waals surface area contributed by atoms with Gasteiger partial charge in [0.15, 0.2) is 0 Å². The van der Waals surface area contributed by atoms with Gasteiger partial charge in [-0.1, -0.05) is 30.3 Å². The van der Waals surface area contributed by atoms with Crippen LogP contribution in [0.5, 0.6) is 0 Å². The molecule has 1 unspecified atom stereocenters. The van der Waals surface area contributed by atoms with Crippen molar-refractivity contribution in [3.8, 4) is 0 Å².